The molecule has 5 heteroatoms. The van der Waals surface area contributed by atoms with Crippen molar-refractivity contribution in [2.45, 2.75) is 245 Å². The Morgan fingerprint density at radius 2 is 0.750 bits per heavy atom. The van der Waals surface area contributed by atoms with Crippen LogP contribution in [0, 0.1) is 0 Å². The summed E-state index contributed by atoms with van der Waals surface area (Å²) in [5.74, 6) is -0.446. The van der Waals surface area contributed by atoms with Crippen LogP contribution in [0.1, 0.15) is 239 Å². The second-order valence-electron chi connectivity index (χ2n) is 16.7. The molecule has 0 spiro atoms. The third-order valence-corrected chi connectivity index (χ3v) is 10.7. The normalized spacial score (nSPS) is 12.8. The number of rotatable bonds is 46. The topological polar surface area (TPSA) is 61.8 Å². The summed E-state index contributed by atoms with van der Waals surface area (Å²) < 4.78 is 17.2. The first kappa shape index (κ1) is 57.3. The molecule has 0 aliphatic rings. The fraction of sp³-hybridized carbons (Fsp3) is 0.745. The minimum absolute atomic E-state index is 0.0659. The van der Waals surface area contributed by atoms with Gasteiger partial charge in [0.05, 0.1) is 6.61 Å². The lowest BCUT2D eigenvalue weighted by Crippen LogP contribution is -2.30. The highest BCUT2D eigenvalue weighted by Gasteiger charge is 2.17. The number of hydrogen-bond donors (Lipinski definition) is 0. The molecule has 1 unspecified atom stereocenters. The van der Waals surface area contributed by atoms with Crippen LogP contribution in [0.4, 0.5) is 0 Å². The zero-order chi connectivity index (χ0) is 43.5. The molecule has 0 saturated heterocycles. The molecule has 0 amide bonds. The van der Waals surface area contributed by atoms with E-state index in [-0.39, 0.29) is 25.2 Å². The van der Waals surface area contributed by atoms with Crippen LogP contribution in [-0.4, -0.2) is 37.9 Å². The molecule has 0 aliphatic heterocycles. The van der Waals surface area contributed by atoms with Crippen LogP contribution in [0.2, 0.25) is 0 Å². The Morgan fingerprint density at radius 3 is 1.23 bits per heavy atom. The van der Waals surface area contributed by atoms with Gasteiger partial charge in [0.25, 0.3) is 0 Å². The smallest absolute Gasteiger partial charge is 0.306 e. The monoisotopic (exact) mass is 837 g/mol. The van der Waals surface area contributed by atoms with E-state index in [0.29, 0.717) is 19.4 Å². The van der Waals surface area contributed by atoms with Crippen LogP contribution in [0.5, 0.6) is 0 Å². The Balaban J connectivity index is 4.07. The molecular weight excluding hydrogens is 741 g/mol. The van der Waals surface area contributed by atoms with Gasteiger partial charge < -0.3 is 14.2 Å². The molecule has 346 valence electrons. The Labute approximate surface area is 372 Å². The van der Waals surface area contributed by atoms with Crippen LogP contribution in [0.15, 0.2) is 72.9 Å². The zero-order valence-electron chi connectivity index (χ0n) is 39.7. The van der Waals surface area contributed by atoms with E-state index in [2.05, 4.69) is 93.7 Å². The Hall–Kier alpha value is -2.66. The van der Waals surface area contributed by atoms with Gasteiger partial charge in [0.1, 0.15) is 6.61 Å². The highest BCUT2D eigenvalue weighted by atomic mass is 16.6. The average Bonchev–Trinajstić information content (AvgIpc) is 3.25. The number of allylic oxidation sites excluding steroid dienone is 12. The van der Waals surface area contributed by atoms with Crippen LogP contribution in [0.25, 0.3) is 0 Å². The van der Waals surface area contributed by atoms with Gasteiger partial charge in [-0.3, -0.25) is 9.59 Å². The first-order chi connectivity index (χ1) is 29.6. The van der Waals surface area contributed by atoms with Crippen LogP contribution in [0.3, 0.4) is 0 Å². The van der Waals surface area contributed by atoms with Crippen molar-refractivity contribution in [3.63, 3.8) is 0 Å². The van der Waals surface area contributed by atoms with Crippen molar-refractivity contribution < 1.29 is 23.8 Å². The minimum atomic E-state index is -0.548. The second-order valence-corrected chi connectivity index (χ2v) is 16.7. The molecule has 0 N–H and O–H groups in total. The standard InChI is InChI=1S/C55H96O5/c1-4-7-10-13-15-17-19-21-23-25-27-29-31-33-35-37-39-41-44-47-50-58-51-53(60-55(57)49-46-42-12-9-6-3)52-59-54(56)48-45-43-40-38-36-34-32-30-28-26-24-22-20-18-16-14-11-8-5-2/h8,11,16,18,21-24,28,30,34,36,53H,4-7,9-10,12-15,17,19-20,25-27,29,31-33,35,37-52H2,1-3H3/b11-8-,18-16-,23-21-,24-22-,30-28-,36-34-. The van der Waals surface area contributed by atoms with E-state index in [9.17, 15) is 9.59 Å². The molecule has 60 heavy (non-hydrogen) atoms. The van der Waals surface area contributed by atoms with Gasteiger partial charge in [0.15, 0.2) is 6.10 Å². The van der Waals surface area contributed by atoms with E-state index in [1.165, 1.54) is 116 Å². The Morgan fingerprint density at radius 1 is 0.383 bits per heavy atom. The van der Waals surface area contributed by atoms with Crippen molar-refractivity contribution in [3.05, 3.63) is 72.9 Å². The fourth-order valence-electron chi connectivity index (χ4n) is 6.94. The van der Waals surface area contributed by atoms with Gasteiger partial charge in [0, 0.05) is 19.4 Å². The first-order valence-electron chi connectivity index (χ1n) is 25.5. The summed E-state index contributed by atoms with van der Waals surface area (Å²) in [5.41, 5.74) is 0. The third kappa shape index (κ3) is 48.0. The van der Waals surface area contributed by atoms with E-state index in [1.54, 1.807) is 0 Å². The SMILES string of the molecule is CC/C=C\C/C=C\C/C=C\C/C=C\C/C=C\CCCCCC(=O)OCC(COCCCCCCCCCCCC/C=C\CCCCCCCC)OC(=O)CCCCCCC. The van der Waals surface area contributed by atoms with Crippen molar-refractivity contribution in [1.29, 1.82) is 0 Å². The lowest BCUT2D eigenvalue weighted by molar-refractivity contribution is -0.163. The summed E-state index contributed by atoms with van der Waals surface area (Å²) in [7, 11) is 0. The molecule has 0 aliphatic carbocycles. The quantitative estimate of drug-likeness (QED) is 0.0347. The summed E-state index contributed by atoms with van der Waals surface area (Å²) in [6, 6.07) is 0. The molecular formula is C55H96O5. The largest absolute Gasteiger partial charge is 0.462 e. The van der Waals surface area contributed by atoms with Crippen LogP contribution < -0.4 is 0 Å². The summed E-state index contributed by atoms with van der Waals surface area (Å²) in [6.45, 7) is 7.61. The molecule has 0 radical (unpaired) electrons. The zero-order valence-corrected chi connectivity index (χ0v) is 39.7. The van der Waals surface area contributed by atoms with Crippen molar-refractivity contribution in [2.24, 2.45) is 0 Å². The molecule has 0 aromatic carbocycles. The number of hydrogen-bond acceptors (Lipinski definition) is 5. The van der Waals surface area contributed by atoms with Gasteiger partial charge in [-0.25, -0.2) is 0 Å². The molecule has 0 aromatic heterocycles. The maximum Gasteiger partial charge on any atom is 0.306 e. The molecule has 0 saturated carbocycles. The third-order valence-electron chi connectivity index (χ3n) is 10.7. The summed E-state index contributed by atoms with van der Waals surface area (Å²) >= 11 is 0. The van der Waals surface area contributed by atoms with Crippen LogP contribution >= 0.6 is 0 Å². The average molecular weight is 837 g/mol. The van der Waals surface area contributed by atoms with E-state index < -0.39 is 6.10 Å². The van der Waals surface area contributed by atoms with Gasteiger partial charge in [-0.15, -0.1) is 0 Å². The van der Waals surface area contributed by atoms with E-state index in [1.807, 2.05) is 0 Å². The Kier molecular flexibility index (Phi) is 48.4. The van der Waals surface area contributed by atoms with Crippen LogP contribution in [-0.2, 0) is 23.8 Å². The highest BCUT2D eigenvalue weighted by molar-refractivity contribution is 5.70. The van der Waals surface area contributed by atoms with Gasteiger partial charge >= 0.3 is 11.9 Å². The molecule has 0 bridgehead atoms. The van der Waals surface area contributed by atoms with Gasteiger partial charge in [-0.2, -0.15) is 0 Å². The summed E-state index contributed by atoms with van der Waals surface area (Å²) in [6.07, 6.45) is 65.2. The first-order valence-corrected chi connectivity index (χ1v) is 25.5. The molecule has 1 atom stereocenters. The summed E-state index contributed by atoms with van der Waals surface area (Å²) in [5, 5.41) is 0. The van der Waals surface area contributed by atoms with Crippen molar-refractivity contribution in [1.82, 2.24) is 0 Å². The molecule has 5 nitrogen and oxygen atoms in total. The van der Waals surface area contributed by atoms with E-state index in [4.69, 9.17) is 14.2 Å². The minimum Gasteiger partial charge on any atom is -0.462 e. The number of esters is 2. The molecule has 0 aromatic rings. The van der Waals surface area contributed by atoms with Gasteiger partial charge in [-0.1, -0.05) is 209 Å². The predicted molar refractivity (Wildman–Crippen MR) is 260 cm³/mol. The number of ether oxygens (including phenoxy) is 3. The van der Waals surface area contributed by atoms with Crippen molar-refractivity contribution in [3.8, 4) is 0 Å². The lowest BCUT2D eigenvalue weighted by atomic mass is 10.1. The maximum atomic E-state index is 12.6. The molecule has 0 fully saturated rings. The van der Waals surface area contributed by atoms with Crippen molar-refractivity contribution in [2.75, 3.05) is 19.8 Å². The van der Waals surface area contributed by atoms with Gasteiger partial charge in [0.2, 0.25) is 0 Å². The van der Waals surface area contributed by atoms with Crippen molar-refractivity contribution >= 4 is 11.9 Å². The fourth-order valence-corrected chi connectivity index (χ4v) is 6.94. The number of unbranched alkanes of at least 4 members (excludes halogenated alkanes) is 23. The predicted octanol–water partition coefficient (Wildman–Crippen LogP) is 17.1. The summed E-state index contributed by atoms with van der Waals surface area (Å²) in [4.78, 5) is 25.1. The second kappa shape index (κ2) is 50.7. The number of carbonyl (C=O) groups is 2. The highest BCUT2D eigenvalue weighted by Crippen LogP contribution is 2.14. The maximum absolute atomic E-state index is 12.6. The van der Waals surface area contributed by atoms with E-state index >= 15 is 0 Å². The molecule has 0 rings (SSSR count). The number of carbonyl (C=O) groups excluding carboxylic acids is 2. The lowest BCUT2D eigenvalue weighted by Gasteiger charge is -2.18. The van der Waals surface area contributed by atoms with Gasteiger partial charge in [-0.05, 0) is 89.9 Å². The van der Waals surface area contributed by atoms with E-state index in [0.717, 1.165) is 89.9 Å². The molecule has 0 heterocycles. The Bertz CT molecular complexity index is 1080.